The molecule has 0 radical (unpaired) electrons. The van der Waals surface area contributed by atoms with Crippen molar-refractivity contribution in [2.24, 2.45) is 0 Å². The first-order valence-corrected chi connectivity index (χ1v) is 8.85. The Labute approximate surface area is 166 Å². The molecule has 4 rings (SSSR count). The molecule has 2 heterocycles. The van der Waals surface area contributed by atoms with Gasteiger partial charge >= 0.3 is 0 Å². The molecule has 2 aromatic heterocycles. The monoisotopic (exact) mass is 391 g/mol. The lowest BCUT2D eigenvalue weighted by Gasteiger charge is -2.12. The van der Waals surface area contributed by atoms with Crippen LogP contribution in [0, 0.1) is 5.82 Å². The molecule has 0 unspecified atom stereocenters. The zero-order valence-electron chi connectivity index (χ0n) is 15.8. The molecule has 0 saturated heterocycles. The van der Waals surface area contributed by atoms with E-state index in [0.29, 0.717) is 34.8 Å². The normalized spacial score (nSPS) is 10.7. The van der Waals surface area contributed by atoms with Crippen LogP contribution in [0.4, 0.5) is 10.1 Å². The summed E-state index contributed by atoms with van der Waals surface area (Å²) in [5, 5.41) is 2.69. The first-order valence-electron chi connectivity index (χ1n) is 8.85. The molecule has 0 atom stereocenters. The summed E-state index contributed by atoms with van der Waals surface area (Å²) >= 11 is 0. The van der Waals surface area contributed by atoms with Gasteiger partial charge in [-0.3, -0.25) is 9.20 Å². The van der Waals surface area contributed by atoms with Crippen molar-refractivity contribution >= 4 is 17.7 Å². The summed E-state index contributed by atoms with van der Waals surface area (Å²) in [4.78, 5) is 15.6. The molecule has 1 amide bonds. The van der Waals surface area contributed by atoms with Gasteiger partial charge in [-0.25, -0.2) is 9.37 Å². The minimum atomic E-state index is -0.466. The number of carbonyl (C=O) groups is 1. The summed E-state index contributed by atoms with van der Waals surface area (Å²) in [6, 6.07) is 14.1. The van der Waals surface area contributed by atoms with Crippen LogP contribution < -0.4 is 14.8 Å². The summed E-state index contributed by atoms with van der Waals surface area (Å²) in [5.41, 5.74) is 4.04. The van der Waals surface area contributed by atoms with Crippen molar-refractivity contribution in [3.8, 4) is 33.9 Å². The molecule has 0 aliphatic rings. The molecule has 146 valence electrons. The number of anilines is 1. The van der Waals surface area contributed by atoms with E-state index in [1.165, 1.54) is 13.2 Å². The van der Waals surface area contributed by atoms with Crippen LogP contribution in [0.25, 0.3) is 28.0 Å². The van der Waals surface area contributed by atoms with Crippen LogP contribution in [0.2, 0.25) is 0 Å². The van der Waals surface area contributed by atoms with E-state index >= 15 is 0 Å². The molecule has 0 aliphatic heterocycles. The molecular formula is C22H18FN3O3. The number of pyridine rings is 1. The molecule has 29 heavy (non-hydrogen) atoms. The molecular weight excluding hydrogens is 373 g/mol. The summed E-state index contributed by atoms with van der Waals surface area (Å²) in [6.45, 7) is 0. The summed E-state index contributed by atoms with van der Waals surface area (Å²) in [5.74, 6) is 0.397. The number of benzene rings is 2. The van der Waals surface area contributed by atoms with Gasteiger partial charge in [0.05, 0.1) is 31.8 Å². The molecule has 0 fully saturated rings. The second-order valence-electron chi connectivity index (χ2n) is 6.29. The van der Waals surface area contributed by atoms with Gasteiger partial charge in [-0.2, -0.15) is 0 Å². The van der Waals surface area contributed by atoms with Crippen molar-refractivity contribution < 1.29 is 18.7 Å². The number of hydrogen-bond acceptors (Lipinski definition) is 4. The second kappa shape index (κ2) is 7.63. The predicted molar refractivity (Wildman–Crippen MR) is 109 cm³/mol. The molecule has 0 spiro atoms. The summed E-state index contributed by atoms with van der Waals surface area (Å²) in [7, 11) is 3.02. The first-order chi connectivity index (χ1) is 14.2. The van der Waals surface area contributed by atoms with Gasteiger partial charge in [0.1, 0.15) is 5.75 Å². The Bertz CT molecular complexity index is 1200. The van der Waals surface area contributed by atoms with Gasteiger partial charge in [-0.15, -0.1) is 0 Å². The third kappa shape index (κ3) is 3.27. The van der Waals surface area contributed by atoms with Crippen LogP contribution in [-0.2, 0) is 4.79 Å². The minimum Gasteiger partial charge on any atom is -0.496 e. The highest BCUT2D eigenvalue weighted by Crippen LogP contribution is 2.35. The lowest BCUT2D eigenvalue weighted by molar-refractivity contribution is -0.105. The Morgan fingerprint density at radius 1 is 1.03 bits per heavy atom. The quantitative estimate of drug-likeness (QED) is 0.495. The number of carbonyl (C=O) groups excluding carboxylic acids is 1. The number of nitrogens with zero attached hydrogens (tertiary/aromatic N) is 2. The number of methoxy groups -OCH3 is 2. The van der Waals surface area contributed by atoms with Crippen molar-refractivity contribution in [1.82, 2.24) is 9.38 Å². The molecule has 0 aliphatic carbocycles. The maximum atomic E-state index is 14.3. The van der Waals surface area contributed by atoms with E-state index in [-0.39, 0.29) is 5.75 Å². The molecule has 0 bridgehead atoms. The average Bonchev–Trinajstić information content (AvgIpc) is 3.18. The van der Waals surface area contributed by atoms with Crippen molar-refractivity contribution in [3.05, 3.63) is 66.7 Å². The lowest BCUT2D eigenvalue weighted by atomic mass is 10.1. The van der Waals surface area contributed by atoms with E-state index in [2.05, 4.69) is 10.3 Å². The fourth-order valence-corrected chi connectivity index (χ4v) is 3.33. The predicted octanol–water partition coefficient (Wildman–Crippen LogP) is 4.39. The fourth-order valence-electron chi connectivity index (χ4n) is 3.33. The Balaban J connectivity index is 1.95. The van der Waals surface area contributed by atoms with Crippen LogP contribution in [0.5, 0.6) is 11.5 Å². The zero-order valence-corrected chi connectivity index (χ0v) is 15.8. The highest BCUT2D eigenvalue weighted by atomic mass is 19.1. The van der Waals surface area contributed by atoms with E-state index in [9.17, 15) is 9.18 Å². The van der Waals surface area contributed by atoms with Crippen LogP contribution in [0.1, 0.15) is 0 Å². The van der Waals surface area contributed by atoms with E-state index < -0.39 is 5.82 Å². The van der Waals surface area contributed by atoms with Gasteiger partial charge < -0.3 is 14.8 Å². The van der Waals surface area contributed by atoms with Gasteiger partial charge in [-0.1, -0.05) is 18.2 Å². The summed E-state index contributed by atoms with van der Waals surface area (Å²) in [6.07, 6.45) is 4.12. The van der Waals surface area contributed by atoms with Gasteiger partial charge in [0.25, 0.3) is 0 Å². The molecule has 4 aromatic rings. The van der Waals surface area contributed by atoms with Crippen molar-refractivity contribution in [2.45, 2.75) is 0 Å². The summed E-state index contributed by atoms with van der Waals surface area (Å²) < 4.78 is 26.5. The van der Waals surface area contributed by atoms with Crippen LogP contribution in [-0.4, -0.2) is 30.0 Å². The number of imidazole rings is 1. The maximum absolute atomic E-state index is 14.3. The Morgan fingerprint density at radius 3 is 2.55 bits per heavy atom. The number of nitrogens with one attached hydrogen (secondary N) is 1. The molecule has 0 saturated carbocycles. The zero-order chi connectivity index (χ0) is 20.4. The number of ether oxygens (including phenoxy) is 2. The van der Waals surface area contributed by atoms with Gasteiger partial charge in [-0.05, 0) is 30.3 Å². The fraction of sp³-hybridized carbons (Fsp3) is 0.0909. The third-order valence-electron chi connectivity index (χ3n) is 4.69. The number of fused-ring (bicyclic) bond motifs is 1. The maximum Gasteiger partial charge on any atom is 0.211 e. The lowest BCUT2D eigenvalue weighted by Crippen LogP contribution is -2.00. The number of aromatic nitrogens is 2. The minimum absolute atomic E-state index is 0.167. The molecule has 6 nitrogen and oxygen atoms in total. The van der Waals surface area contributed by atoms with Crippen LogP contribution in [0.3, 0.4) is 0 Å². The molecule has 2 aromatic carbocycles. The SMILES string of the molecule is COc1ccc(-c2cnc3c(NC=O)cc(-c4ccccc4OC)cn23)cc1F. The smallest absolute Gasteiger partial charge is 0.211 e. The number of hydrogen-bond donors (Lipinski definition) is 1. The highest BCUT2D eigenvalue weighted by Gasteiger charge is 2.15. The standard InChI is InChI=1S/C22H18FN3O3/c1-28-20-6-4-3-5-16(20)15-10-18(25-13-27)22-24-11-19(26(22)12-15)14-7-8-21(29-2)17(23)9-14/h3-13H,1-2H3,(H,25,27). The van der Waals surface area contributed by atoms with Crippen LogP contribution >= 0.6 is 0 Å². The van der Waals surface area contributed by atoms with Crippen molar-refractivity contribution in [3.63, 3.8) is 0 Å². The number of para-hydroxylation sites is 1. The van der Waals surface area contributed by atoms with Gasteiger partial charge in [0.15, 0.2) is 17.2 Å². The number of amides is 1. The van der Waals surface area contributed by atoms with E-state index in [4.69, 9.17) is 9.47 Å². The van der Waals surface area contributed by atoms with Gasteiger partial charge in [0, 0.05) is 22.9 Å². The highest BCUT2D eigenvalue weighted by molar-refractivity contribution is 5.86. The Morgan fingerprint density at radius 2 is 1.83 bits per heavy atom. The number of halogens is 1. The first kappa shape index (κ1) is 18.5. The Hall–Kier alpha value is -3.87. The molecule has 1 N–H and O–H groups in total. The van der Waals surface area contributed by atoms with E-state index in [1.807, 2.05) is 40.9 Å². The second-order valence-corrected chi connectivity index (χ2v) is 6.29. The third-order valence-corrected chi connectivity index (χ3v) is 4.69. The van der Waals surface area contributed by atoms with E-state index in [0.717, 1.165) is 11.1 Å². The topological polar surface area (TPSA) is 64.9 Å². The number of rotatable bonds is 6. The van der Waals surface area contributed by atoms with Crippen molar-refractivity contribution in [2.75, 3.05) is 19.5 Å². The van der Waals surface area contributed by atoms with Gasteiger partial charge in [0.2, 0.25) is 6.41 Å². The average molecular weight is 391 g/mol. The molecule has 7 heteroatoms. The Kier molecular flexibility index (Phi) is 4.87. The van der Waals surface area contributed by atoms with Crippen LogP contribution in [0.15, 0.2) is 60.9 Å². The largest absolute Gasteiger partial charge is 0.496 e. The van der Waals surface area contributed by atoms with Crippen molar-refractivity contribution in [1.29, 1.82) is 0 Å². The van der Waals surface area contributed by atoms with E-state index in [1.54, 1.807) is 25.4 Å².